The van der Waals surface area contributed by atoms with Crippen LogP contribution in [0.4, 0.5) is 5.82 Å². The summed E-state index contributed by atoms with van der Waals surface area (Å²) in [6.07, 6.45) is 0. The van der Waals surface area contributed by atoms with E-state index in [2.05, 4.69) is 21.0 Å². The van der Waals surface area contributed by atoms with Crippen molar-refractivity contribution in [3.05, 3.63) is 40.5 Å². The van der Waals surface area contributed by atoms with Crippen LogP contribution in [0.15, 0.2) is 34.8 Å². The number of halogens is 2. The molecular weight excluding hydrogens is 322 g/mol. The first-order valence-corrected chi connectivity index (χ1v) is 5.05. The van der Waals surface area contributed by atoms with Crippen molar-refractivity contribution in [3.8, 4) is 5.69 Å². The number of nitrogens with two attached hydrogens (primary N) is 1. The van der Waals surface area contributed by atoms with Crippen LogP contribution in [0.25, 0.3) is 5.69 Å². The molecule has 1 aromatic heterocycles. The lowest BCUT2D eigenvalue weighted by Crippen LogP contribution is -2.01. The highest BCUT2D eigenvalue weighted by atomic mass is 79.9. The number of nitrogen functional groups attached to an aromatic ring is 1. The van der Waals surface area contributed by atoms with Crippen LogP contribution < -0.4 is 5.73 Å². The molecule has 0 saturated heterocycles. The maximum atomic E-state index is 5.89. The highest BCUT2D eigenvalue weighted by Gasteiger charge is 2.10. The van der Waals surface area contributed by atoms with E-state index in [1.165, 1.54) is 0 Å². The Morgan fingerprint density at radius 3 is 2.33 bits per heavy atom. The van der Waals surface area contributed by atoms with Crippen molar-refractivity contribution >= 4 is 38.7 Å². The summed E-state index contributed by atoms with van der Waals surface area (Å²) in [6, 6.07) is 9.81. The van der Waals surface area contributed by atoms with Gasteiger partial charge in [-0.1, -0.05) is 18.2 Å². The van der Waals surface area contributed by atoms with E-state index in [1.54, 1.807) is 4.68 Å². The van der Waals surface area contributed by atoms with Gasteiger partial charge in [-0.15, -0.1) is 17.0 Å². The van der Waals surface area contributed by atoms with E-state index in [-0.39, 0.29) is 17.0 Å². The number of aromatic nitrogens is 2. The number of aryl methyl sites for hydroxylation is 1. The Balaban J connectivity index is 0.00000112. The van der Waals surface area contributed by atoms with Crippen LogP contribution in [0.1, 0.15) is 5.69 Å². The second-order valence-corrected chi connectivity index (χ2v) is 3.82. The molecule has 1 heterocycles. The lowest BCUT2D eigenvalue weighted by atomic mass is 10.3. The van der Waals surface area contributed by atoms with Gasteiger partial charge in [0.1, 0.15) is 5.82 Å². The smallest absolute Gasteiger partial charge is 0.141 e. The lowest BCUT2D eigenvalue weighted by molar-refractivity contribution is 0.872. The molecule has 2 rings (SSSR count). The lowest BCUT2D eigenvalue weighted by Gasteiger charge is -2.02. The molecule has 0 atom stereocenters. The van der Waals surface area contributed by atoms with Crippen molar-refractivity contribution in [1.29, 1.82) is 0 Å². The van der Waals surface area contributed by atoms with E-state index in [1.807, 2.05) is 37.3 Å². The average Bonchev–Trinajstić information content (AvgIpc) is 2.47. The van der Waals surface area contributed by atoms with Crippen LogP contribution in [0.3, 0.4) is 0 Å². The molecule has 3 nitrogen and oxygen atoms in total. The van der Waals surface area contributed by atoms with Gasteiger partial charge in [-0.25, -0.2) is 4.68 Å². The molecule has 5 heteroatoms. The zero-order chi connectivity index (χ0) is 10.1. The molecule has 0 saturated carbocycles. The van der Waals surface area contributed by atoms with E-state index in [0.717, 1.165) is 15.9 Å². The van der Waals surface area contributed by atoms with Crippen LogP contribution >= 0.6 is 32.9 Å². The largest absolute Gasteiger partial charge is 0.383 e. The predicted molar refractivity (Wildman–Crippen MR) is 70.7 cm³/mol. The number of rotatable bonds is 1. The third-order valence-electron chi connectivity index (χ3n) is 2.02. The van der Waals surface area contributed by atoms with Gasteiger partial charge >= 0.3 is 0 Å². The van der Waals surface area contributed by atoms with Gasteiger partial charge in [-0.05, 0) is 35.0 Å². The summed E-state index contributed by atoms with van der Waals surface area (Å²) in [5.74, 6) is 0.633. The van der Waals surface area contributed by atoms with Gasteiger partial charge in [-0.3, -0.25) is 0 Å². The van der Waals surface area contributed by atoms with Gasteiger partial charge in [0.15, 0.2) is 0 Å². The van der Waals surface area contributed by atoms with Gasteiger partial charge < -0.3 is 5.73 Å². The Hall–Kier alpha value is -0.810. The van der Waals surface area contributed by atoms with Crippen LogP contribution in [0, 0.1) is 6.92 Å². The molecule has 2 aromatic rings. The molecular formula is C10H11Br2N3. The first-order chi connectivity index (χ1) is 6.70. The Bertz CT molecular complexity index is 451. The summed E-state index contributed by atoms with van der Waals surface area (Å²) < 4.78 is 2.58. The number of hydrogen-bond acceptors (Lipinski definition) is 2. The summed E-state index contributed by atoms with van der Waals surface area (Å²) in [6.45, 7) is 1.92. The van der Waals surface area contributed by atoms with Gasteiger partial charge in [0.25, 0.3) is 0 Å². The maximum absolute atomic E-state index is 5.89. The van der Waals surface area contributed by atoms with Crippen molar-refractivity contribution in [3.63, 3.8) is 0 Å². The summed E-state index contributed by atoms with van der Waals surface area (Å²) in [7, 11) is 0. The monoisotopic (exact) mass is 331 g/mol. The molecule has 0 aliphatic heterocycles. The van der Waals surface area contributed by atoms with Crippen LogP contribution in [-0.2, 0) is 0 Å². The predicted octanol–water partition coefficient (Wildman–Crippen LogP) is 3.10. The van der Waals surface area contributed by atoms with Crippen molar-refractivity contribution in [2.45, 2.75) is 6.92 Å². The van der Waals surface area contributed by atoms with Crippen LogP contribution in [0.5, 0.6) is 0 Å². The minimum atomic E-state index is 0. The van der Waals surface area contributed by atoms with Gasteiger partial charge in [0.05, 0.1) is 15.9 Å². The second kappa shape index (κ2) is 4.81. The SMILES string of the molecule is Br.Cc1nn(-c2ccccc2)c(N)c1Br. The molecule has 0 aliphatic carbocycles. The standard InChI is InChI=1S/C10H10BrN3.BrH/c1-7-9(11)10(12)14(13-7)8-5-3-2-4-6-8;/h2-6H,12H2,1H3;1H. The van der Waals surface area contributed by atoms with Gasteiger partial charge in [0, 0.05) is 0 Å². The fraction of sp³-hybridized carbons (Fsp3) is 0.100. The first kappa shape index (κ1) is 12.3. The average molecular weight is 333 g/mol. The van der Waals surface area contributed by atoms with Crippen LogP contribution in [0.2, 0.25) is 0 Å². The number of nitrogens with zero attached hydrogens (tertiary/aromatic N) is 2. The zero-order valence-electron chi connectivity index (χ0n) is 8.14. The number of benzene rings is 1. The van der Waals surface area contributed by atoms with E-state index in [4.69, 9.17) is 5.73 Å². The molecule has 0 radical (unpaired) electrons. The maximum Gasteiger partial charge on any atom is 0.141 e. The highest BCUT2D eigenvalue weighted by molar-refractivity contribution is 9.10. The minimum absolute atomic E-state index is 0. The summed E-state index contributed by atoms with van der Waals surface area (Å²) in [5, 5.41) is 4.32. The molecule has 0 bridgehead atoms. The molecule has 0 aliphatic rings. The Labute approximate surface area is 107 Å². The third-order valence-corrected chi connectivity index (χ3v) is 3.00. The number of anilines is 1. The highest BCUT2D eigenvalue weighted by Crippen LogP contribution is 2.25. The number of hydrogen-bond donors (Lipinski definition) is 1. The van der Waals surface area contributed by atoms with E-state index in [9.17, 15) is 0 Å². The minimum Gasteiger partial charge on any atom is -0.383 e. The van der Waals surface area contributed by atoms with Crippen LogP contribution in [-0.4, -0.2) is 9.78 Å². The molecule has 0 fully saturated rings. The van der Waals surface area contributed by atoms with Crippen molar-refractivity contribution in [1.82, 2.24) is 9.78 Å². The third kappa shape index (κ3) is 2.23. The molecule has 0 spiro atoms. The molecule has 0 amide bonds. The quantitative estimate of drug-likeness (QED) is 0.872. The fourth-order valence-corrected chi connectivity index (χ4v) is 1.54. The van der Waals surface area contributed by atoms with E-state index >= 15 is 0 Å². The fourth-order valence-electron chi connectivity index (χ4n) is 1.29. The zero-order valence-corrected chi connectivity index (χ0v) is 11.4. The Morgan fingerprint density at radius 2 is 1.87 bits per heavy atom. The normalized spacial score (nSPS) is 9.73. The molecule has 2 N–H and O–H groups in total. The van der Waals surface area contributed by atoms with Crippen molar-refractivity contribution in [2.24, 2.45) is 0 Å². The van der Waals surface area contributed by atoms with E-state index in [0.29, 0.717) is 5.82 Å². The molecule has 80 valence electrons. The Kier molecular flexibility index (Phi) is 3.93. The van der Waals surface area contributed by atoms with Gasteiger partial charge in [0.2, 0.25) is 0 Å². The molecule has 0 unspecified atom stereocenters. The topological polar surface area (TPSA) is 43.8 Å². The summed E-state index contributed by atoms with van der Waals surface area (Å²) in [4.78, 5) is 0. The number of para-hydroxylation sites is 1. The second-order valence-electron chi connectivity index (χ2n) is 3.03. The molecule has 1 aromatic carbocycles. The van der Waals surface area contributed by atoms with Gasteiger partial charge in [-0.2, -0.15) is 5.10 Å². The van der Waals surface area contributed by atoms with Crippen molar-refractivity contribution < 1.29 is 0 Å². The van der Waals surface area contributed by atoms with Crippen molar-refractivity contribution in [2.75, 3.05) is 5.73 Å². The summed E-state index contributed by atoms with van der Waals surface area (Å²) >= 11 is 3.39. The summed E-state index contributed by atoms with van der Waals surface area (Å²) in [5.41, 5.74) is 7.75. The first-order valence-electron chi connectivity index (χ1n) is 4.26. The Morgan fingerprint density at radius 1 is 1.27 bits per heavy atom. The van der Waals surface area contributed by atoms with E-state index < -0.39 is 0 Å². The molecule has 15 heavy (non-hydrogen) atoms.